The second kappa shape index (κ2) is 8.45. The first-order valence-corrected chi connectivity index (χ1v) is 9.46. The van der Waals surface area contributed by atoms with Gasteiger partial charge in [-0.25, -0.2) is 0 Å². The molecule has 3 rings (SSSR count). The van der Waals surface area contributed by atoms with Gasteiger partial charge in [0.05, 0.1) is 5.75 Å². The van der Waals surface area contributed by atoms with Gasteiger partial charge in [-0.15, -0.1) is 0 Å². The number of hydrogen-bond acceptors (Lipinski definition) is 5. The molecule has 5 nitrogen and oxygen atoms in total. The van der Waals surface area contributed by atoms with Gasteiger partial charge < -0.3 is 19.7 Å². The van der Waals surface area contributed by atoms with Crippen molar-refractivity contribution in [2.24, 2.45) is 0 Å². The first-order chi connectivity index (χ1) is 11.3. The van der Waals surface area contributed by atoms with Crippen molar-refractivity contribution in [1.29, 1.82) is 0 Å². The third-order valence-electron chi connectivity index (χ3n) is 4.14. The Morgan fingerprint density at radius 2 is 1.91 bits per heavy atom. The number of fused-ring (bicyclic) bond motifs is 1. The summed E-state index contributed by atoms with van der Waals surface area (Å²) in [7, 11) is 0. The number of carbonyl (C=O) groups excluding carboxylic acids is 1. The molecule has 0 aromatic heterocycles. The second-order valence-corrected chi connectivity index (χ2v) is 7.03. The van der Waals surface area contributed by atoms with Gasteiger partial charge in [-0.3, -0.25) is 4.79 Å². The SMILES string of the molecule is O=C(CSCCN1CCCCCC1)Nc1ccc2c(c1)OCO2. The van der Waals surface area contributed by atoms with Crippen LogP contribution < -0.4 is 14.8 Å². The van der Waals surface area contributed by atoms with E-state index in [4.69, 9.17) is 9.47 Å². The van der Waals surface area contributed by atoms with E-state index in [1.165, 1.54) is 38.8 Å². The molecule has 1 amide bonds. The smallest absolute Gasteiger partial charge is 0.234 e. The van der Waals surface area contributed by atoms with E-state index in [-0.39, 0.29) is 12.7 Å². The van der Waals surface area contributed by atoms with Gasteiger partial charge in [0.15, 0.2) is 11.5 Å². The quantitative estimate of drug-likeness (QED) is 0.810. The Hall–Kier alpha value is -1.40. The third-order valence-corrected chi connectivity index (χ3v) is 5.08. The van der Waals surface area contributed by atoms with Crippen molar-refractivity contribution in [2.75, 3.05) is 43.2 Å². The lowest BCUT2D eigenvalue weighted by Gasteiger charge is -2.19. The van der Waals surface area contributed by atoms with Crippen molar-refractivity contribution in [3.05, 3.63) is 18.2 Å². The van der Waals surface area contributed by atoms with Crippen molar-refractivity contribution in [1.82, 2.24) is 4.90 Å². The maximum absolute atomic E-state index is 12.0. The largest absolute Gasteiger partial charge is 0.454 e. The number of ether oxygens (including phenoxy) is 2. The second-order valence-electron chi connectivity index (χ2n) is 5.92. The van der Waals surface area contributed by atoms with Crippen LogP contribution in [0.25, 0.3) is 0 Å². The van der Waals surface area contributed by atoms with Gasteiger partial charge in [0.2, 0.25) is 12.7 Å². The number of rotatable bonds is 6. The van der Waals surface area contributed by atoms with Crippen LogP contribution in [0.4, 0.5) is 5.69 Å². The molecule has 1 fully saturated rings. The average molecular weight is 336 g/mol. The molecule has 23 heavy (non-hydrogen) atoms. The molecular weight excluding hydrogens is 312 g/mol. The fraction of sp³-hybridized carbons (Fsp3) is 0.588. The molecule has 126 valence electrons. The van der Waals surface area contributed by atoms with Crippen LogP contribution >= 0.6 is 11.8 Å². The van der Waals surface area contributed by atoms with Crippen LogP contribution in [0.3, 0.4) is 0 Å². The highest BCUT2D eigenvalue weighted by molar-refractivity contribution is 7.99. The molecule has 0 radical (unpaired) electrons. The molecule has 2 aliphatic rings. The van der Waals surface area contributed by atoms with E-state index < -0.39 is 0 Å². The summed E-state index contributed by atoms with van der Waals surface area (Å²) in [6, 6.07) is 5.47. The minimum absolute atomic E-state index is 0.0322. The maximum Gasteiger partial charge on any atom is 0.234 e. The van der Waals surface area contributed by atoms with Crippen LogP contribution in [-0.2, 0) is 4.79 Å². The number of likely N-dealkylation sites (tertiary alicyclic amines) is 1. The summed E-state index contributed by atoms with van der Waals surface area (Å²) in [5.41, 5.74) is 0.757. The van der Waals surface area contributed by atoms with Crippen LogP contribution in [0.5, 0.6) is 11.5 Å². The van der Waals surface area contributed by atoms with E-state index in [0.717, 1.165) is 23.7 Å². The molecule has 0 aliphatic carbocycles. The molecule has 1 N–H and O–H groups in total. The highest BCUT2D eigenvalue weighted by atomic mass is 32.2. The Kier molecular flexibility index (Phi) is 6.05. The molecule has 0 saturated carbocycles. The maximum atomic E-state index is 12.0. The summed E-state index contributed by atoms with van der Waals surface area (Å²) in [4.78, 5) is 14.5. The zero-order chi connectivity index (χ0) is 15.9. The Morgan fingerprint density at radius 1 is 1.13 bits per heavy atom. The molecule has 0 spiro atoms. The van der Waals surface area contributed by atoms with Gasteiger partial charge in [0.1, 0.15) is 0 Å². The normalized spacial score (nSPS) is 17.7. The number of nitrogens with zero attached hydrogens (tertiary/aromatic N) is 1. The van der Waals surface area contributed by atoms with E-state index in [1.807, 2.05) is 18.2 Å². The lowest BCUT2D eigenvalue weighted by molar-refractivity contribution is -0.113. The van der Waals surface area contributed by atoms with Crippen molar-refractivity contribution < 1.29 is 14.3 Å². The van der Waals surface area contributed by atoms with E-state index in [1.54, 1.807) is 11.8 Å². The van der Waals surface area contributed by atoms with Gasteiger partial charge in [0, 0.05) is 24.1 Å². The molecule has 0 unspecified atom stereocenters. The van der Waals surface area contributed by atoms with E-state index >= 15 is 0 Å². The predicted molar refractivity (Wildman–Crippen MR) is 93.4 cm³/mol. The van der Waals surface area contributed by atoms with Crippen LogP contribution in [0.1, 0.15) is 25.7 Å². The molecule has 2 aliphatic heterocycles. The number of nitrogens with one attached hydrogen (secondary N) is 1. The first-order valence-electron chi connectivity index (χ1n) is 8.31. The van der Waals surface area contributed by atoms with Gasteiger partial charge >= 0.3 is 0 Å². The highest BCUT2D eigenvalue weighted by Gasteiger charge is 2.14. The summed E-state index contributed by atoms with van der Waals surface area (Å²) in [6.07, 6.45) is 5.35. The molecule has 1 aromatic rings. The first kappa shape index (κ1) is 16.5. The lowest BCUT2D eigenvalue weighted by Crippen LogP contribution is -2.27. The van der Waals surface area contributed by atoms with Crippen molar-refractivity contribution in [3.8, 4) is 11.5 Å². The Bertz CT molecular complexity index is 531. The number of hydrogen-bond donors (Lipinski definition) is 1. The monoisotopic (exact) mass is 336 g/mol. The third kappa shape index (κ3) is 5.04. The van der Waals surface area contributed by atoms with Gasteiger partial charge in [-0.1, -0.05) is 12.8 Å². The highest BCUT2D eigenvalue weighted by Crippen LogP contribution is 2.34. The summed E-state index contributed by atoms with van der Waals surface area (Å²) < 4.78 is 10.6. The molecule has 1 aromatic carbocycles. The van der Waals surface area contributed by atoms with Gasteiger partial charge in [-0.2, -0.15) is 11.8 Å². The van der Waals surface area contributed by atoms with E-state index in [9.17, 15) is 4.79 Å². The fourth-order valence-electron chi connectivity index (χ4n) is 2.89. The van der Waals surface area contributed by atoms with E-state index in [2.05, 4.69) is 10.2 Å². The van der Waals surface area contributed by atoms with Crippen LogP contribution in [0.15, 0.2) is 18.2 Å². The van der Waals surface area contributed by atoms with Crippen LogP contribution in [0, 0.1) is 0 Å². The number of carbonyl (C=O) groups is 1. The lowest BCUT2D eigenvalue weighted by atomic mass is 10.2. The average Bonchev–Trinajstić information content (AvgIpc) is 2.86. The molecule has 1 saturated heterocycles. The molecule has 0 atom stereocenters. The van der Waals surface area contributed by atoms with Crippen molar-refractivity contribution in [3.63, 3.8) is 0 Å². The molecular formula is C17H24N2O3S. The Balaban J connectivity index is 1.35. The van der Waals surface area contributed by atoms with Gasteiger partial charge in [0.25, 0.3) is 0 Å². The number of anilines is 1. The minimum atomic E-state index is 0.0322. The van der Waals surface area contributed by atoms with Crippen molar-refractivity contribution in [2.45, 2.75) is 25.7 Å². The number of benzene rings is 1. The topological polar surface area (TPSA) is 50.8 Å². The number of amides is 1. The zero-order valence-corrected chi connectivity index (χ0v) is 14.2. The Morgan fingerprint density at radius 3 is 2.74 bits per heavy atom. The minimum Gasteiger partial charge on any atom is -0.454 e. The molecule has 6 heteroatoms. The van der Waals surface area contributed by atoms with Gasteiger partial charge in [-0.05, 0) is 38.1 Å². The van der Waals surface area contributed by atoms with Crippen LogP contribution in [-0.4, -0.2) is 48.7 Å². The summed E-state index contributed by atoms with van der Waals surface area (Å²) in [6.45, 7) is 3.76. The fourth-order valence-corrected chi connectivity index (χ4v) is 3.68. The summed E-state index contributed by atoms with van der Waals surface area (Å²) in [5.74, 6) is 2.95. The predicted octanol–water partition coefficient (Wildman–Crippen LogP) is 2.96. The van der Waals surface area contributed by atoms with E-state index in [0.29, 0.717) is 11.5 Å². The standard InChI is InChI=1S/C17H24N2O3S/c20-17(12-23-10-9-19-7-3-1-2-4-8-19)18-14-5-6-15-16(11-14)22-13-21-15/h5-6,11H,1-4,7-10,12-13H2,(H,18,20). The summed E-state index contributed by atoms with van der Waals surface area (Å²) >= 11 is 1.70. The summed E-state index contributed by atoms with van der Waals surface area (Å²) in [5, 5.41) is 2.91. The van der Waals surface area contributed by atoms with Crippen LogP contribution in [0.2, 0.25) is 0 Å². The molecule has 0 bridgehead atoms. The molecule has 2 heterocycles. The number of thioether (sulfide) groups is 1. The van der Waals surface area contributed by atoms with Crippen molar-refractivity contribution >= 4 is 23.4 Å². The Labute approximate surface area is 141 Å². The zero-order valence-electron chi connectivity index (χ0n) is 13.4.